The summed E-state index contributed by atoms with van der Waals surface area (Å²) < 4.78 is 5.38. The highest BCUT2D eigenvalue weighted by Gasteiger charge is 2.20. The van der Waals surface area contributed by atoms with Crippen LogP contribution < -0.4 is 15.4 Å². The van der Waals surface area contributed by atoms with Gasteiger partial charge in [-0.1, -0.05) is 29.7 Å². The molecule has 0 aliphatic rings. The van der Waals surface area contributed by atoms with E-state index in [-0.39, 0.29) is 22.0 Å². The maximum Gasteiger partial charge on any atom is 0.257 e. The first kappa shape index (κ1) is 24.4. The predicted octanol–water partition coefficient (Wildman–Crippen LogP) is 4.73. The van der Waals surface area contributed by atoms with E-state index in [1.807, 2.05) is 14.1 Å². The van der Waals surface area contributed by atoms with E-state index >= 15 is 0 Å². The number of nitrogens with zero attached hydrogens (tertiary/aromatic N) is 2. The molecular formula is C26H23ClN4O3. The number of hydrogen-bond acceptors (Lipinski definition) is 5. The van der Waals surface area contributed by atoms with Gasteiger partial charge in [0.1, 0.15) is 5.75 Å². The molecule has 2 N–H and O–H groups in total. The lowest BCUT2D eigenvalue weighted by Crippen LogP contribution is -2.19. The Morgan fingerprint density at radius 2 is 1.71 bits per heavy atom. The number of terminal acetylenes is 1. The quantitative estimate of drug-likeness (QED) is 0.294. The summed E-state index contributed by atoms with van der Waals surface area (Å²) in [6.45, 7) is 0. The van der Waals surface area contributed by atoms with E-state index in [0.29, 0.717) is 16.8 Å². The minimum atomic E-state index is -0.472. The Labute approximate surface area is 203 Å². The van der Waals surface area contributed by atoms with Crippen LogP contribution in [-0.4, -0.2) is 44.2 Å². The van der Waals surface area contributed by atoms with Crippen LogP contribution in [0.5, 0.6) is 5.75 Å². The van der Waals surface area contributed by atoms with Gasteiger partial charge in [0.15, 0.2) is 0 Å². The van der Waals surface area contributed by atoms with Gasteiger partial charge in [-0.15, -0.1) is 6.42 Å². The van der Waals surface area contributed by atoms with Crippen molar-refractivity contribution in [3.05, 3.63) is 87.9 Å². The normalized spacial score (nSPS) is 10.4. The minimum Gasteiger partial charge on any atom is -0.494 e. The zero-order chi connectivity index (χ0) is 24.7. The maximum atomic E-state index is 13.1. The zero-order valence-electron chi connectivity index (χ0n) is 18.9. The third-order valence-electron chi connectivity index (χ3n) is 4.69. The Morgan fingerprint density at radius 1 is 1.03 bits per heavy atom. The van der Waals surface area contributed by atoms with Crippen LogP contribution >= 0.6 is 11.6 Å². The predicted molar refractivity (Wildman–Crippen MR) is 136 cm³/mol. The van der Waals surface area contributed by atoms with Gasteiger partial charge in [-0.05, 0) is 48.0 Å². The fourth-order valence-corrected chi connectivity index (χ4v) is 3.20. The van der Waals surface area contributed by atoms with Gasteiger partial charge in [-0.2, -0.15) is 5.10 Å². The van der Waals surface area contributed by atoms with Crippen molar-refractivity contribution < 1.29 is 14.3 Å². The number of amides is 2. The summed E-state index contributed by atoms with van der Waals surface area (Å²) in [6, 6.07) is 16.7. The van der Waals surface area contributed by atoms with E-state index in [9.17, 15) is 9.59 Å². The second-order valence-electron chi connectivity index (χ2n) is 7.37. The largest absolute Gasteiger partial charge is 0.494 e. The fraction of sp³-hybridized carbons (Fsp3) is 0.115. The van der Waals surface area contributed by atoms with Crippen molar-refractivity contribution in [2.45, 2.75) is 0 Å². The molecule has 0 saturated heterocycles. The number of halogens is 1. The summed E-state index contributed by atoms with van der Waals surface area (Å²) in [5.74, 6) is 1.89. The molecule has 0 aromatic heterocycles. The summed E-state index contributed by atoms with van der Waals surface area (Å²) in [5.41, 5.74) is 2.81. The van der Waals surface area contributed by atoms with Crippen molar-refractivity contribution in [1.82, 2.24) is 5.01 Å². The van der Waals surface area contributed by atoms with E-state index in [0.717, 1.165) is 5.56 Å². The van der Waals surface area contributed by atoms with Crippen LogP contribution in [0.15, 0.2) is 65.8 Å². The number of hydrogen-bond donors (Lipinski definition) is 2. The van der Waals surface area contributed by atoms with Gasteiger partial charge in [0.05, 0.1) is 24.6 Å². The van der Waals surface area contributed by atoms with E-state index in [4.69, 9.17) is 22.8 Å². The maximum absolute atomic E-state index is 13.1. The molecule has 3 aromatic carbocycles. The molecule has 0 atom stereocenters. The fourth-order valence-electron chi connectivity index (χ4n) is 2.99. The number of methoxy groups -OCH3 is 1. The smallest absolute Gasteiger partial charge is 0.257 e. The topological polar surface area (TPSA) is 83.0 Å². The van der Waals surface area contributed by atoms with Gasteiger partial charge >= 0.3 is 0 Å². The summed E-state index contributed by atoms with van der Waals surface area (Å²) in [5, 5.41) is 11.7. The number of nitrogens with one attached hydrogen (secondary N) is 2. The summed E-state index contributed by atoms with van der Waals surface area (Å²) in [7, 11) is 5.07. The SMILES string of the molecule is C#Cc1ccc(NC(=O)c2cc(Cl)cc(OC)c2NC(=O)c2ccc(C=NN(C)C)cc2)cc1. The molecule has 0 heterocycles. The van der Waals surface area contributed by atoms with Gasteiger partial charge in [-0.3, -0.25) is 9.59 Å². The van der Waals surface area contributed by atoms with Crippen molar-refractivity contribution in [3.63, 3.8) is 0 Å². The highest BCUT2D eigenvalue weighted by Crippen LogP contribution is 2.33. The van der Waals surface area contributed by atoms with E-state index in [1.54, 1.807) is 59.8 Å². The Morgan fingerprint density at radius 3 is 2.29 bits per heavy atom. The molecule has 172 valence electrons. The Balaban J connectivity index is 1.87. The van der Waals surface area contributed by atoms with Gasteiger partial charge in [0.25, 0.3) is 11.8 Å². The number of benzene rings is 3. The lowest BCUT2D eigenvalue weighted by atomic mass is 10.1. The highest BCUT2D eigenvalue weighted by atomic mass is 35.5. The average molecular weight is 475 g/mol. The number of carbonyl (C=O) groups is 2. The summed E-state index contributed by atoms with van der Waals surface area (Å²) in [6.07, 6.45) is 7.06. The third kappa shape index (κ3) is 6.15. The van der Waals surface area contributed by atoms with Crippen LogP contribution in [0.1, 0.15) is 31.8 Å². The number of carbonyl (C=O) groups excluding carboxylic acids is 2. The summed E-state index contributed by atoms with van der Waals surface area (Å²) in [4.78, 5) is 26.0. The first-order valence-corrected chi connectivity index (χ1v) is 10.6. The first-order valence-electron chi connectivity index (χ1n) is 10.2. The van der Waals surface area contributed by atoms with Gasteiger partial charge in [-0.25, -0.2) is 0 Å². The molecule has 0 saturated carbocycles. The van der Waals surface area contributed by atoms with Crippen LogP contribution in [0.3, 0.4) is 0 Å². The Hall–Kier alpha value is -4.28. The van der Waals surface area contributed by atoms with Gasteiger partial charge < -0.3 is 20.4 Å². The van der Waals surface area contributed by atoms with Crippen LogP contribution in [-0.2, 0) is 0 Å². The van der Waals surface area contributed by atoms with E-state index < -0.39 is 11.8 Å². The molecule has 0 aliphatic carbocycles. The van der Waals surface area contributed by atoms with Gasteiger partial charge in [0.2, 0.25) is 0 Å². The molecule has 3 rings (SSSR count). The zero-order valence-corrected chi connectivity index (χ0v) is 19.7. The number of rotatable bonds is 7. The molecule has 8 heteroatoms. The second-order valence-corrected chi connectivity index (χ2v) is 7.81. The molecule has 0 fully saturated rings. The molecule has 34 heavy (non-hydrogen) atoms. The monoisotopic (exact) mass is 474 g/mol. The molecule has 0 spiro atoms. The van der Waals surface area contributed by atoms with Crippen LogP contribution in [0, 0.1) is 12.3 Å². The highest BCUT2D eigenvalue weighted by molar-refractivity contribution is 6.31. The molecule has 7 nitrogen and oxygen atoms in total. The van der Waals surface area contributed by atoms with Crippen LogP contribution in [0.25, 0.3) is 0 Å². The van der Waals surface area contributed by atoms with Crippen molar-refractivity contribution in [2.24, 2.45) is 5.10 Å². The molecule has 2 amide bonds. The number of anilines is 2. The Kier molecular flexibility index (Phi) is 7.91. The Bertz CT molecular complexity index is 1260. The molecule has 0 radical (unpaired) electrons. The molecule has 0 unspecified atom stereocenters. The summed E-state index contributed by atoms with van der Waals surface area (Å²) >= 11 is 6.20. The standard InChI is InChI=1S/C26H23ClN4O3/c1-5-17-8-12-21(13-9-17)29-26(33)22-14-20(27)15-23(34-4)24(22)30-25(32)19-10-6-18(7-11-19)16-28-31(2)3/h1,6-16H,2-4H3,(H,29,33)(H,30,32). The van der Waals surface area contributed by atoms with Crippen molar-refractivity contribution >= 4 is 41.0 Å². The van der Waals surface area contributed by atoms with Gasteiger partial charge in [0, 0.05) is 42.0 Å². The van der Waals surface area contributed by atoms with Crippen molar-refractivity contribution in [2.75, 3.05) is 31.8 Å². The van der Waals surface area contributed by atoms with E-state index in [1.165, 1.54) is 19.2 Å². The molecular weight excluding hydrogens is 452 g/mol. The third-order valence-corrected chi connectivity index (χ3v) is 4.91. The average Bonchev–Trinajstić information content (AvgIpc) is 2.84. The van der Waals surface area contributed by atoms with Crippen molar-refractivity contribution in [1.29, 1.82) is 0 Å². The van der Waals surface area contributed by atoms with E-state index in [2.05, 4.69) is 21.7 Å². The van der Waals surface area contributed by atoms with Crippen LogP contribution in [0.4, 0.5) is 11.4 Å². The minimum absolute atomic E-state index is 0.147. The molecule has 3 aromatic rings. The lowest BCUT2D eigenvalue weighted by molar-refractivity contribution is 0.102. The first-order chi connectivity index (χ1) is 16.3. The molecule has 0 bridgehead atoms. The van der Waals surface area contributed by atoms with Crippen LogP contribution in [0.2, 0.25) is 5.02 Å². The molecule has 0 aliphatic heterocycles. The van der Waals surface area contributed by atoms with Crippen molar-refractivity contribution in [3.8, 4) is 18.1 Å². The number of hydrazone groups is 1. The lowest BCUT2D eigenvalue weighted by Gasteiger charge is -2.16. The number of ether oxygens (including phenoxy) is 1. The second kappa shape index (κ2) is 11.0.